The average Bonchev–Trinajstić information content (AvgIpc) is 2.93. The van der Waals surface area contributed by atoms with E-state index in [1.807, 2.05) is 19.1 Å². The molecule has 0 atom stereocenters. The first-order valence-corrected chi connectivity index (χ1v) is 7.59. The van der Waals surface area contributed by atoms with Gasteiger partial charge in [-0.2, -0.15) is 14.9 Å². The van der Waals surface area contributed by atoms with Gasteiger partial charge in [0.1, 0.15) is 16.8 Å². The summed E-state index contributed by atoms with van der Waals surface area (Å²) < 4.78 is 1.63. The van der Waals surface area contributed by atoms with Crippen molar-refractivity contribution in [3.8, 4) is 17.3 Å². The van der Waals surface area contributed by atoms with E-state index >= 15 is 0 Å². The van der Waals surface area contributed by atoms with Crippen LogP contribution in [0.5, 0.6) is 0 Å². The van der Waals surface area contributed by atoms with Crippen molar-refractivity contribution in [1.82, 2.24) is 14.6 Å². The first kappa shape index (κ1) is 13.8. The summed E-state index contributed by atoms with van der Waals surface area (Å²) in [4.78, 5) is 5.33. The molecule has 1 aromatic carbocycles. The first-order valence-electron chi connectivity index (χ1n) is 6.77. The molecule has 3 aromatic rings. The van der Waals surface area contributed by atoms with E-state index in [0.29, 0.717) is 11.4 Å². The fourth-order valence-electron chi connectivity index (χ4n) is 2.27. The van der Waals surface area contributed by atoms with Crippen molar-refractivity contribution in [1.29, 1.82) is 5.26 Å². The average molecular weight is 296 g/mol. The van der Waals surface area contributed by atoms with E-state index in [0.717, 1.165) is 15.5 Å². The highest BCUT2D eigenvalue weighted by Crippen LogP contribution is 2.29. The third kappa shape index (κ3) is 2.32. The Hall–Kier alpha value is -2.19. The van der Waals surface area contributed by atoms with Crippen molar-refractivity contribution in [2.45, 2.75) is 33.1 Å². The molecule has 0 aliphatic heterocycles. The van der Waals surface area contributed by atoms with Crippen molar-refractivity contribution < 1.29 is 0 Å². The maximum Gasteiger partial charge on any atom is 0.213 e. The van der Waals surface area contributed by atoms with E-state index in [1.54, 1.807) is 4.52 Å². The molecule has 2 heterocycles. The van der Waals surface area contributed by atoms with Crippen LogP contribution >= 0.6 is 11.3 Å². The van der Waals surface area contributed by atoms with E-state index in [4.69, 9.17) is 0 Å². The number of imidazole rings is 1. The molecule has 5 heteroatoms. The smallest absolute Gasteiger partial charge is 0.213 e. The van der Waals surface area contributed by atoms with Crippen LogP contribution in [0.2, 0.25) is 0 Å². The molecule has 21 heavy (non-hydrogen) atoms. The highest BCUT2D eigenvalue weighted by Gasteiger charge is 2.18. The van der Waals surface area contributed by atoms with Gasteiger partial charge in [0.05, 0.1) is 0 Å². The fourth-order valence-corrected chi connectivity index (χ4v) is 3.02. The van der Waals surface area contributed by atoms with Gasteiger partial charge in [0.25, 0.3) is 0 Å². The zero-order valence-corrected chi connectivity index (χ0v) is 13.3. The second kappa shape index (κ2) is 4.68. The van der Waals surface area contributed by atoms with Gasteiger partial charge in [0.2, 0.25) is 4.96 Å². The maximum absolute atomic E-state index is 9.41. The Morgan fingerprint density at radius 2 is 1.86 bits per heavy atom. The van der Waals surface area contributed by atoms with Gasteiger partial charge in [-0.05, 0) is 17.9 Å². The van der Waals surface area contributed by atoms with Crippen LogP contribution in [-0.4, -0.2) is 14.6 Å². The number of aryl methyl sites for hydroxylation is 1. The van der Waals surface area contributed by atoms with Crippen molar-refractivity contribution in [3.63, 3.8) is 0 Å². The van der Waals surface area contributed by atoms with Gasteiger partial charge in [-0.15, -0.1) is 0 Å². The summed E-state index contributed by atoms with van der Waals surface area (Å²) >= 11 is 1.49. The quantitative estimate of drug-likeness (QED) is 0.683. The van der Waals surface area contributed by atoms with E-state index < -0.39 is 0 Å². The third-order valence-electron chi connectivity index (χ3n) is 3.43. The Labute approximate surface area is 127 Å². The molecule has 0 saturated carbocycles. The standard InChI is InChI=1S/C16H16N4S/c1-10-19-20-13(9-17)14(18-15(20)21-10)11-5-7-12(8-6-11)16(2,3)4/h5-8H,1-4H3. The number of aromatic nitrogens is 3. The van der Waals surface area contributed by atoms with Crippen LogP contribution in [-0.2, 0) is 5.41 Å². The van der Waals surface area contributed by atoms with E-state index in [2.05, 4.69) is 49.1 Å². The lowest BCUT2D eigenvalue weighted by atomic mass is 9.86. The number of hydrogen-bond donors (Lipinski definition) is 0. The Kier molecular flexibility index (Phi) is 3.07. The van der Waals surface area contributed by atoms with Crippen LogP contribution in [0.1, 0.15) is 37.0 Å². The summed E-state index contributed by atoms with van der Waals surface area (Å²) in [6.07, 6.45) is 0. The van der Waals surface area contributed by atoms with Crippen molar-refractivity contribution >= 4 is 16.3 Å². The molecule has 4 nitrogen and oxygen atoms in total. The van der Waals surface area contributed by atoms with Gasteiger partial charge >= 0.3 is 0 Å². The van der Waals surface area contributed by atoms with Crippen LogP contribution < -0.4 is 0 Å². The topological polar surface area (TPSA) is 54.0 Å². The summed E-state index contributed by atoms with van der Waals surface area (Å²) in [7, 11) is 0. The van der Waals surface area contributed by atoms with Crippen LogP contribution in [0.3, 0.4) is 0 Å². The lowest BCUT2D eigenvalue weighted by Gasteiger charge is -2.18. The highest BCUT2D eigenvalue weighted by molar-refractivity contribution is 7.16. The molecule has 106 valence electrons. The zero-order chi connectivity index (χ0) is 15.2. The molecule has 0 aliphatic rings. The van der Waals surface area contributed by atoms with Crippen molar-refractivity contribution in [2.75, 3.05) is 0 Å². The lowest BCUT2D eigenvalue weighted by Crippen LogP contribution is -2.10. The monoisotopic (exact) mass is 296 g/mol. The Bertz CT molecular complexity index is 841. The van der Waals surface area contributed by atoms with Gasteiger partial charge in [0.15, 0.2) is 5.69 Å². The third-order valence-corrected chi connectivity index (χ3v) is 4.26. The fraction of sp³-hybridized carbons (Fsp3) is 0.312. The minimum absolute atomic E-state index is 0.115. The maximum atomic E-state index is 9.41. The Morgan fingerprint density at radius 1 is 1.19 bits per heavy atom. The molecule has 0 saturated heterocycles. The number of nitrogens with zero attached hydrogens (tertiary/aromatic N) is 4. The van der Waals surface area contributed by atoms with Crippen LogP contribution in [0.25, 0.3) is 16.2 Å². The molecule has 0 radical (unpaired) electrons. The number of rotatable bonds is 1. The van der Waals surface area contributed by atoms with E-state index in [-0.39, 0.29) is 5.41 Å². The summed E-state index contributed by atoms with van der Waals surface area (Å²) in [5.74, 6) is 0. The van der Waals surface area contributed by atoms with Crippen LogP contribution in [0, 0.1) is 18.3 Å². The van der Waals surface area contributed by atoms with Crippen molar-refractivity contribution in [2.24, 2.45) is 0 Å². The van der Waals surface area contributed by atoms with Gasteiger partial charge < -0.3 is 0 Å². The highest BCUT2D eigenvalue weighted by atomic mass is 32.1. The molecule has 0 N–H and O–H groups in total. The molecular weight excluding hydrogens is 280 g/mol. The normalized spacial score (nSPS) is 11.8. The second-order valence-corrected chi connectivity index (χ2v) is 7.22. The number of fused-ring (bicyclic) bond motifs is 1. The number of benzene rings is 1. The summed E-state index contributed by atoms with van der Waals surface area (Å²) in [6, 6.07) is 10.5. The molecule has 0 spiro atoms. The summed E-state index contributed by atoms with van der Waals surface area (Å²) in [5, 5.41) is 14.7. The predicted molar refractivity (Wildman–Crippen MR) is 84.5 cm³/mol. The molecule has 0 bridgehead atoms. The zero-order valence-electron chi connectivity index (χ0n) is 12.5. The Morgan fingerprint density at radius 3 is 2.43 bits per heavy atom. The Balaban J connectivity index is 2.12. The molecule has 0 amide bonds. The van der Waals surface area contributed by atoms with Gasteiger partial charge in [-0.3, -0.25) is 0 Å². The van der Waals surface area contributed by atoms with Crippen LogP contribution in [0.15, 0.2) is 24.3 Å². The molecule has 0 fully saturated rings. The van der Waals surface area contributed by atoms with Gasteiger partial charge in [-0.1, -0.05) is 56.4 Å². The summed E-state index contributed by atoms with van der Waals surface area (Å²) in [5.41, 5.74) is 3.54. The number of hydrogen-bond acceptors (Lipinski definition) is 4. The molecule has 0 unspecified atom stereocenters. The van der Waals surface area contributed by atoms with Gasteiger partial charge in [0, 0.05) is 5.56 Å². The van der Waals surface area contributed by atoms with E-state index in [9.17, 15) is 5.26 Å². The minimum atomic E-state index is 0.115. The first-order chi connectivity index (χ1) is 9.90. The molecule has 0 aliphatic carbocycles. The molecular formula is C16H16N4S. The molecule has 3 rings (SSSR count). The summed E-state index contributed by atoms with van der Waals surface area (Å²) in [6.45, 7) is 8.46. The van der Waals surface area contributed by atoms with Crippen LogP contribution in [0.4, 0.5) is 0 Å². The molecule has 2 aromatic heterocycles. The predicted octanol–water partition coefficient (Wildman–Crippen LogP) is 3.94. The SMILES string of the molecule is Cc1nn2c(C#N)c(-c3ccc(C(C)(C)C)cc3)nc2s1. The van der Waals surface area contributed by atoms with Crippen molar-refractivity contribution in [3.05, 3.63) is 40.5 Å². The number of nitriles is 1. The van der Waals surface area contributed by atoms with Gasteiger partial charge in [-0.25, -0.2) is 4.98 Å². The van der Waals surface area contributed by atoms with E-state index in [1.165, 1.54) is 16.9 Å². The second-order valence-electron chi connectivity index (χ2n) is 6.06. The lowest BCUT2D eigenvalue weighted by molar-refractivity contribution is 0.590. The largest absolute Gasteiger partial charge is 0.216 e. The minimum Gasteiger partial charge on any atom is -0.216 e.